The molecule has 0 fully saturated rings. The van der Waals surface area contributed by atoms with Gasteiger partial charge in [-0.05, 0) is 31.0 Å². The smallest absolute Gasteiger partial charge is 0.305 e. The lowest BCUT2D eigenvalue weighted by Gasteiger charge is -2.23. The zero-order chi connectivity index (χ0) is 15.1. The van der Waals surface area contributed by atoms with E-state index in [2.05, 4.69) is 0 Å². The van der Waals surface area contributed by atoms with Crippen molar-refractivity contribution in [1.82, 2.24) is 4.90 Å². The number of carboxylic acid groups (broad SMARTS) is 1. The Kier molecular flexibility index (Phi) is 5.99. The molecule has 0 unspecified atom stereocenters. The summed E-state index contributed by atoms with van der Waals surface area (Å²) in [5.41, 5.74) is 6.71. The molecule has 0 bridgehead atoms. The van der Waals surface area contributed by atoms with E-state index in [1.165, 1.54) is 17.0 Å². The molecule has 0 spiro atoms. The number of amides is 1. The lowest BCUT2D eigenvalue weighted by Crippen LogP contribution is -2.45. The third-order valence-electron chi connectivity index (χ3n) is 3.00. The van der Waals surface area contributed by atoms with Gasteiger partial charge >= 0.3 is 5.97 Å². The summed E-state index contributed by atoms with van der Waals surface area (Å²) in [5, 5.41) is 17.8. The van der Waals surface area contributed by atoms with Gasteiger partial charge in [0.2, 0.25) is 5.91 Å². The number of rotatable bonds is 7. The number of carboxylic acids is 1. The predicted molar refractivity (Wildman–Crippen MR) is 74.3 cm³/mol. The fourth-order valence-corrected chi connectivity index (χ4v) is 1.86. The van der Waals surface area contributed by atoms with Gasteiger partial charge in [0.25, 0.3) is 0 Å². The molecule has 0 aromatic heterocycles. The van der Waals surface area contributed by atoms with E-state index in [0.717, 1.165) is 5.56 Å². The fourth-order valence-electron chi connectivity index (χ4n) is 1.86. The Bertz CT molecular complexity index is 459. The van der Waals surface area contributed by atoms with Gasteiger partial charge in [0, 0.05) is 13.1 Å². The Labute approximate surface area is 117 Å². The molecule has 1 aromatic carbocycles. The van der Waals surface area contributed by atoms with Crippen molar-refractivity contribution in [2.75, 3.05) is 13.1 Å². The molecule has 0 radical (unpaired) electrons. The van der Waals surface area contributed by atoms with Crippen LogP contribution in [0.5, 0.6) is 5.75 Å². The maximum absolute atomic E-state index is 12.1. The highest BCUT2D eigenvalue weighted by Crippen LogP contribution is 2.11. The van der Waals surface area contributed by atoms with Crippen LogP contribution in [0, 0.1) is 0 Å². The van der Waals surface area contributed by atoms with Crippen molar-refractivity contribution in [3.05, 3.63) is 29.8 Å². The van der Waals surface area contributed by atoms with Crippen molar-refractivity contribution in [2.24, 2.45) is 5.73 Å². The summed E-state index contributed by atoms with van der Waals surface area (Å²) in [4.78, 5) is 24.1. The molecular formula is C14H20N2O4. The first-order chi connectivity index (χ1) is 9.43. The lowest BCUT2D eigenvalue weighted by atomic mass is 10.1. The summed E-state index contributed by atoms with van der Waals surface area (Å²) in [7, 11) is 0. The number of phenolic OH excluding ortho intramolecular Hbond substituents is 1. The third kappa shape index (κ3) is 4.89. The zero-order valence-corrected chi connectivity index (χ0v) is 11.5. The molecule has 6 nitrogen and oxygen atoms in total. The van der Waals surface area contributed by atoms with Crippen LogP contribution in [0.1, 0.15) is 18.9 Å². The van der Waals surface area contributed by atoms with Gasteiger partial charge in [-0.15, -0.1) is 0 Å². The Morgan fingerprint density at radius 2 is 1.90 bits per heavy atom. The molecule has 110 valence electrons. The number of carbonyl (C=O) groups excluding carboxylic acids is 1. The normalized spacial score (nSPS) is 11.9. The molecule has 1 rings (SSSR count). The highest BCUT2D eigenvalue weighted by Gasteiger charge is 2.20. The monoisotopic (exact) mass is 280 g/mol. The van der Waals surface area contributed by atoms with E-state index >= 15 is 0 Å². The molecule has 6 heteroatoms. The standard InChI is InChI=1S/C14H20N2O4/c1-2-16(8-7-13(18)19)14(20)12(15)9-10-3-5-11(17)6-4-10/h3-6,12,17H,2,7-9,15H2,1H3,(H,18,19)/t12-/m0/s1. The first-order valence-electron chi connectivity index (χ1n) is 6.48. The quantitative estimate of drug-likeness (QED) is 0.678. The minimum Gasteiger partial charge on any atom is -0.508 e. The molecule has 1 amide bonds. The van der Waals surface area contributed by atoms with Crippen molar-refractivity contribution in [3.63, 3.8) is 0 Å². The summed E-state index contributed by atoms with van der Waals surface area (Å²) in [5.74, 6) is -1.05. The molecule has 0 aliphatic rings. The molecule has 0 saturated carbocycles. The van der Waals surface area contributed by atoms with E-state index in [4.69, 9.17) is 10.8 Å². The highest BCUT2D eigenvalue weighted by molar-refractivity contribution is 5.82. The Balaban J connectivity index is 2.59. The number of hydrogen-bond donors (Lipinski definition) is 3. The largest absolute Gasteiger partial charge is 0.508 e. The average molecular weight is 280 g/mol. The Hall–Kier alpha value is -2.08. The number of nitrogens with zero attached hydrogens (tertiary/aromatic N) is 1. The minimum absolute atomic E-state index is 0.0918. The number of benzene rings is 1. The van der Waals surface area contributed by atoms with Crippen LogP contribution in [-0.4, -0.2) is 46.1 Å². The van der Waals surface area contributed by atoms with E-state index in [1.54, 1.807) is 19.1 Å². The van der Waals surface area contributed by atoms with Gasteiger partial charge in [0.15, 0.2) is 0 Å². The maximum Gasteiger partial charge on any atom is 0.305 e. The molecule has 1 aromatic rings. The molecule has 0 heterocycles. The van der Waals surface area contributed by atoms with Gasteiger partial charge in [-0.25, -0.2) is 0 Å². The third-order valence-corrected chi connectivity index (χ3v) is 3.00. The molecule has 1 atom stereocenters. The van der Waals surface area contributed by atoms with Crippen molar-refractivity contribution in [1.29, 1.82) is 0 Å². The fraction of sp³-hybridized carbons (Fsp3) is 0.429. The number of carbonyl (C=O) groups is 2. The van der Waals surface area contributed by atoms with E-state index < -0.39 is 12.0 Å². The van der Waals surface area contributed by atoms with E-state index in [-0.39, 0.29) is 24.6 Å². The number of phenols is 1. The number of aromatic hydroxyl groups is 1. The number of aliphatic carboxylic acids is 1. The predicted octanol–water partition coefficient (Wildman–Crippen LogP) is 0.585. The van der Waals surface area contributed by atoms with Crippen LogP contribution in [0.4, 0.5) is 0 Å². The second-order valence-corrected chi connectivity index (χ2v) is 4.54. The summed E-state index contributed by atoms with van der Waals surface area (Å²) in [6.45, 7) is 2.37. The van der Waals surface area contributed by atoms with Gasteiger partial charge < -0.3 is 20.8 Å². The Morgan fingerprint density at radius 1 is 1.30 bits per heavy atom. The topological polar surface area (TPSA) is 104 Å². The number of nitrogens with two attached hydrogens (primary N) is 1. The van der Waals surface area contributed by atoms with E-state index in [1.807, 2.05) is 0 Å². The summed E-state index contributed by atoms with van der Waals surface area (Å²) in [6.07, 6.45) is 0.258. The lowest BCUT2D eigenvalue weighted by molar-refractivity contribution is -0.138. The number of hydrogen-bond acceptors (Lipinski definition) is 4. The van der Waals surface area contributed by atoms with E-state index in [0.29, 0.717) is 13.0 Å². The second kappa shape index (κ2) is 7.49. The van der Waals surface area contributed by atoms with Crippen LogP contribution < -0.4 is 5.73 Å². The maximum atomic E-state index is 12.1. The Morgan fingerprint density at radius 3 is 2.40 bits per heavy atom. The van der Waals surface area contributed by atoms with Crippen LogP contribution in [0.15, 0.2) is 24.3 Å². The minimum atomic E-state index is -0.941. The van der Waals surface area contributed by atoms with Gasteiger partial charge in [-0.2, -0.15) is 0 Å². The highest BCUT2D eigenvalue weighted by atomic mass is 16.4. The summed E-state index contributed by atoms with van der Waals surface area (Å²) < 4.78 is 0. The van der Waals surface area contributed by atoms with Gasteiger partial charge in [0.05, 0.1) is 12.5 Å². The van der Waals surface area contributed by atoms with Crippen LogP contribution in [0.3, 0.4) is 0 Å². The summed E-state index contributed by atoms with van der Waals surface area (Å²) in [6, 6.07) is 5.77. The van der Waals surface area contributed by atoms with E-state index in [9.17, 15) is 14.7 Å². The SMILES string of the molecule is CCN(CCC(=O)O)C(=O)[C@@H](N)Cc1ccc(O)cc1. The van der Waals surface area contributed by atoms with Crippen molar-refractivity contribution in [2.45, 2.75) is 25.8 Å². The van der Waals surface area contributed by atoms with Crippen LogP contribution >= 0.6 is 0 Å². The molecule has 20 heavy (non-hydrogen) atoms. The van der Waals surface area contributed by atoms with Gasteiger partial charge in [-0.3, -0.25) is 9.59 Å². The zero-order valence-electron chi connectivity index (χ0n) is 11.5. The first kappa shape index (κ1) is 16.0. The molecule has 4 N–H and O–H groups in total. The first-order valence-corrected chi connectivity index (χ1v) is 6.48. The van der Waals surface area contributed by atoms with Gasteiger partial charge in [-0.1, -0.05) is 12.1 Å². The van der Waals surface area contributed by atoms with Gasteiger partial charge in [0.1, 0.15) is 5.75 Å². The van der Waals surface area contributed by atoms with Crippen LogP contribution in [0.25, 0.3) is 0 Å². The van der Waals surface area contributed by atoms with Crippen LogP contribution in [-0.2, 0) is 16.0 Å². The second-order valence-electron chi connectivity index (χ2n) is 4.54. The summed E-state index contributed by atoms with van der Waals surface area (Å²) >= 11 is 0. The van der Waals surface area contributed by atoms with Crippen LogP contribution in [0.2, 0.25) is 0 Å². The molecular weight excluding hydrogens is 260 g/mol. The molecule has 0 aliphatic heterocycles. The average Bonchev–Trinajstić information content (AvgIpc) is 2.41. The molecule has 0 aliphatic carbocycles. The molecule has 0 saturated heterocycles. The van der Waals surface area contributed by atoms with Crippen molar-refractivity contribution >= 4 is 11.9 Å². The number of likely N-dealkylation sites (N-methyl/N-ethyl adjacent to an activating group) is 1. The van der Waals surface area contributed by atoms with Crippen molar-refractivity contribution in [3.8, 4) is 5.75 Å². The van der Waals surface area contributed by atoms with Crippen molar-refractivity contribution < 1.29 is 19.8 Å².